The minimum atomic E-state index is -0.801. The normalized spacial score (nSPS) is 13.7. The van der Waals surface area contributed by atoms with E-state index in [1.54, 1.807) is 0 Å². The molecule has 0 aliphatic rings. The Balaban J connectivity index is 4.61. The number of amides is 1. The first kappa shape index (κ1) is 59.6. The highest BCUT2D eigenvalue weighted by Crippen LogP contribution is 2.17. The van der Waals surface area contributed by atoms with Gasteiger partial charge in [0.15, 0.2) is 0 Å². The molecule has 0 fully saturated rings. The average molecular weight is 868 g/mol. The molecule has 0 aromatic rings. The van der Waals surface area contributed by atoms with E-state index >= 15 is 0 Å². The highest BCUT2D eigenvalue weighted by atomic mass is 16.5. The molecule has 0 saturated heterocycles. The van der Waals surface area contributed by atoms with Crippen LogP contribution in [0.4, 0.5) is 0 Å². The van der Waals surface area contributed by atoms with Gasteiger partial charge in [-0.1, -0.05) is 223 Å². The standard InChI is InChI=1S/C56H101NO5/c1-4-7-10-13-16-19-22-25-27-29-31-34-37-40-43-46-49-56(61)62-52(47-44-41-38-35-32-24-21-18-15-12-9-6-3)50-55(60)57-53(51-58)54(59)48-45-42-39-36-33-30-28-26-23-20-17-14-11-8-5-2/h7,10,16,19,25,27,31,34-35,38,52-54,58-59H,4-6,8-9,11-15,17-18,20-24,26,28-30,32-33,36-37,39-51H2,1-3H3,(H,57,60)/b10-7+,19-16+,27-25+,34-31+,38-35-. The van der Waals surface area contributed by atoms with Crippen LogP contribution in [0.1, 0.15) is 258 Å². The van der Waals surface area contributed by atoms with Crippen LogP contribution in [0.3, 0.4) is 0 Å². The van der Waals surface area contributed by atoms with E-state index in [0.717, 1.165) is 89.9 Å². The molecule has 62 heavy (non-hydrogen) atoms. The van der Waals surface area contributed by atoms with Crippen molar-refractivity contribution in [3.63, 3.8) is 0 Å². The topological polar surface area (TPSA) is 95.9 Å². The number of rotatable bonds is 47. The van der Waals surface area contributed by atoms with Crippen LogP contribution in [0.5, 0.6) is 0 Å². The van der Waals surface area contributed by atoms with Gasteiger partial charge in [0.1, 0.15) is 6.10 Å². The van der Waals surface area contributed by atoms with Crippen LogP contribution in [0.2, 0.25) is 0 Å². The molecule has 0 radical (unpaired) electrons. The number of unbranched alkanes of at least 4 members (excludes halogenated alkanes) is 25. The van der Waals surface area contributed by atoms with Gasteiger partial charge in [-0.25, -0.2) is 0 Å². The molecule has 1 amide bonds. The second-order valence-electron chi connectivity index (χ2n) is 17.9. The molecule has 3 unspecified atom stereocenters. The van der Waals surface area contributed by atoms with Gasteiger partial charge in [0, 0.05) is 6.42 Å². The van der Waals surface area contributed by atoms with Gasteiger partial charge in [-0.2, -0.15) is 0 Å². The first-order valence-electron chi connectivity index (χ1n) is 26.5. The summed E-state index contributed by atoms with van der Waals surface area (Å²) in [6, 6.07) is -0.717. The number of esters is 1. The first-order valence-corrected chi connectivity index (χ1v) is 26.5. The van der Waals surface area contributed by atoms with Crippen molar-refractivity contribution < 1.29 is 24.5 Å². The van der Waals surface area contributed by atoms with E-state index in [4.69, 9.17) is 4.74 Å². The van der Waals surface area contributed by atoms with Gasteiger partial charge < -0.3 is 20.3 Å². The number of carbonyl (C=O) groups is 2. The summed E-state index contributed by atoms with van der Waals surface area (Å²) < 4.78 is 5.90. The van der Waals surface area contributed by atoms with Crippen molar-refractivity contribution >= 4 is 11.9 Å². The molecule has 0 aliphatic carbocycles. The molecule has 360 valence electrons. The van der Waals surface area contributed by atoms with Crippen LogP contribution in [0, 0.1) is 0 Å². The van der Waals surface area contributed by atoms with Crippen LogP contribution in [0.15, 0.2) is 60.8 Å². The fourth-order valence-electron chi connectivity index (χ4n) is 7.83. The zero-order chi connectivity index (χ0) is 45.2. The minimum absolute atomic E-state index is 0.0431. The van der Waals surface area contributed by atoms with Crippen LogP contribution >= 0.6 is 0 Å². The number of carbonyl (C=O) groups excluding carboxylic acids is 2. The SMILES string of the molecule is CC/C=C/C/C=C/C/C=C/C/C=C/CCCCCC(=O)OC(CCC/C=C\CCCCCCCCC)CC(=O)NC(CO)C(O)CCCCCCCCCCCCCCCCC. The largest absolute Gasteiger partial charge is 0.462 e. The van der Waals surface area contributed by atoms with Crippen LogP contribution in [-0.2, 0) is 14.3 Å². The van der Waals surface area contributed by atoms with Crippen molar-refractivity contribution in [2.24, 2.45) is 0 Å². The maximum Gasteiger partial charge on any atom is 0.306 e. The lowest BCUT2D eigenvalue weighted by Gasteiger charge is -2.24. The lowest BCUT2D eigenvalue weighted by Crippen LogP contribution is -2.46. The number of hydrogen-bond donors (Lipinski definition) is 3. The zero-order valence-electron chi connectivity index (χ0n) is 41.0. The maximum atomic E-state index is 13.2. The summed E-state index contributed by atoms with van der Waals surface area (Å²) in [5.41, 5.74) is 0. The summed E-state index contributed by atoms with van der Waals surface area (Å²) in [6.45, 7) is 6.36. The van der Waals surface area contributed by atoms with E-state index in [2.05, 4.69) is 86.8 Å². The Morgan fingerprint density at radius 2 is 0.887 bits per heavy atom. The summed E-state index contributed by atoms with van der Waals surface area (Å²) >= 11 is 0. The number of ether oxygens (including phenoxy) is 1. The second-order valence-corrected chi connectivity index (χ2v) is 17.9. The Labute approximate surface area is 384 Å². The Hall–Kier alpha value is -2.44. The molecule has 6 heteroatoms. The van der Waals surface area contributed by atoms with Crippen molar-refractivity contribution in [1.29, 1.82) is 0 Å². The van der Waals surface area contributed by atoms with Crippen LogP contribution < -0.4 is 5.32 Å². The maximum absolute atomic E-state index is 13.2. The van der Waals surface area contributed by atoms with Crippen LogP contribution in [-0.4, -0.2) is 46.9 Å². The molecule has 0 bridgehead atoms. The predicted octanol–water partition coefficient (Wildman–Crippen LogP) is 16.0. The Morgan fingerprint density at radius 3 is 1.37 bits per heavy atom. The molecule has 6 nitrogen and oxygen atoms in total. The number of allylic oxidation sites excluding steroid dienone is 10. The fourth-order valence-corrected chi connectivity index (χ4v) is 7.83. The Morgan fingerprint density at radius 1 is 0.484 bits per heavy atom. The van der Waals surface area contributed by atoms with Gasteiger partial charge in [0.2, 0.25) is 5.91 Å². The third-order valence-electron chi connectivity index (χ3n) is 11.8. The zero-order valence-corrected chi connectivity index (χ0v) is 41.0. The third-order valence-corrected chi connectivity index (χ3v) is 11.8. The smallest absolute Gasteiger partial charge is 0.306 e. The fraction of sp³-hybridized carbons (Fsp3) is 0.786. The van der Waals surface area contributed by atoms with Crippen molar-refractivity contribution in [3.8, 4) is 0 Å². The summed E-state index contributed by atoms with van der Waals surface area (Å²) in [6.07, 6.45) is 61.4. The lowest BCUT2D eigenvalue weighted by atomic mass is 10.0. The molecular weight excluding hydrogens is 767 g/mol. The van der Waals surface area contributed by atoms with Gasteiger partial charge in [-0.05, 0) is 83.5 Å². The van der Waals surface area contributed by atoms with Gasteiger partial charge >= 0.3 is 5.97 Å². The van der Waals surface area contributed by atoms with Gasteiger partial charge in [0.25, 0.3) is 0 Å². The molecule has 3 N–H and O–H groups in total. The third kappa shape index (κ3) is 44.2. The molecule has 0 aliphatic heterocycles. The highest BCUT2D eigenvalue weighted by molar-refractivity contribution is 5.77. The van der Waals surface area contributed by atoms with E-state index < -0.39 is 18.2 Å². The Bertz CT molecular complexity index is 1110. The van der Waals surface area contributed by atoms with Crippen molar-refractivity contribution in [3.05, 3.63) is 60.8 Å². The molecular formula is C56H101NO5. The van der Waals surface area contributed by atoms with Crippen molar-refractivity contribution in [2.75, 3.05) is 6.61 Å². The monoisotopic (exact) mass is 868 g/mol. The Kier molecular flexibility index (Phi) is 47.6. The molecule has 0 spiro atoms. The van der Waals surface area contributed by atoms with E-state index in [1.165, 1.54) is 122 Å². The number of aliphatic hydroxyl groups is 2. The first-order chi connectivity index (χ1) is 30.5. The number of aliphatic hydroxyl groups excluding tert-OH is 2. The summed E-state index contributed by atoms with van der Waals surface area (Å²) in [5, 5.41) is 23.8. The van der Waals surface area contributed by atoms with Crippen LogP contribution in [0.25, 0.3) is 0 Å². The number of hydrogen-bond acceptors (Lipinski definition) is 5. The van der Waals surface area contributed by atoms with Crippen molar-refractivity contribution in [2.45, 2.75) is 277 Å². The van der Waals surface area contributed by atoms with E-state index in [-0.39, 0.29) is 24.9 Å². The summed E-state index contributed by atoms with van der Waals surface area (Å²) in [4.78, 5) is 26.1. The number of nitrogens with one attached hydrogen (secondary N) is 1. The van der Waals surface area contributed by atoms with E-state index in [1.807, 2.05) is 0 Å². The predicted molar refractivity (Wildman–Crippen MR) is 268 cm³/mol. The quantitative estimate of drug-likeness (QED) is 0.0322. The molecule has 0 aromatic carbocycles. The van der Waals surface area contributed by atoms with Gasteiger partial charge in [-0.3, -0.25) is 9.59 Å². The molecule has 3 atom stereocenters. The minimum Gasteiger partial charge on any atom is -0.462 e. The summed E-state index contributed by atoms with van der Waals surface area (Å²) in [7, 11) is 0. The van der Waals surface area contributed by atoms with E-state index in [9.17, 15) is 19.8 Å². The van der Waals surface area contributed by atoms with Gasteiger partial charge in [0.05, 0.1) is 25.2 Å². The lowest BCUT2D eigenvalue weighted by molar-refractivity contribution is -0.151. The van der Waals surface area contributed by atoms with Crippen molar-refractivity contribution in [1.82, 2.24) is 5.32 Å². The van der Waals surface area contributed by atoms with E-state index in [0.29, 0.717) is 19.3 Å². The molecule has 0 aromatic heterocycles. The molecule has 0 heterocycles. The highest BCUT2D eigenvalue weighted by Gasteiger charge is 2.24. The molecule has 0 rings (SSSR count). The average Bonchev–Trinajstić information content (AvgIpc) is 3.26. The molecule has 0 saturated carbocycles. The van der Waals surface area contributed by atoms with Gasteiger partial charge in [-0.15, -0.1) is 0 Å². The second kappa shape index (κ2) is 49.6. The summed E-state index contributed by atoms with van der Waals surface area (Å²) in [5.74, 6) is -0.537.